The summed E-state index contributed by atoms with van der Waals surface area (Å²) in [5.41, 5.74) is 0.924. The Morgan fingerprint density at radius 3 is 3.06 bits per heavy atom. The van der Waals surface area contributed by atoms with Crippen molar-refractivity contribution in [2.24, 2.45) is 0 Å². The van der Waals surface area contributed by atoms with Crippen LogP contribution in [0.2, 0.25) is 0 Å². The number of hydrogen-bond donors (Lipinski definition) is 1. The van der Waals surface area contributed by atoms with E-state index in [0.29, 0.717) is 11.4 Å². The summed E-state index contributed by atoms with van der Waals surface area (Å²) in [6, 6.07) is 3.39. The average Bonchev–Trinajstić information content (AvgIpc) is 2.79. The van der Waals surface area contributed by atoms with Gasteiger partial charge in [0.2, 0.25) is 0 Å². The molecule has 0 saturated carbocycles. The summed E-state index contributed by atoms with van der Waals surface area (Å²) < 4.78 is 4.84. The topological polar surface area (TPSA) is 93.7 Å². The molecule has 2 rings (SSSR count). The maximum atomic E-state index is 11.5. The van der Waals surface area contributed by atoms with Crippen LogP contribution in [-0.4, -0.2) is 38.2 Å². The number of carbonyl (C=O) groups is 1. The molecule has 2 aromatic heterocycles. The quantitative estimate of drug-likeness (QED) is 0.752. The van der Waals surface area contributed by atoms with E-state index in [9.17, 15) is 4.79 Å². The van der Waals surface area contributed by atoms with Crippen molar-refractivity contribution in [2.75, 3.05) is 6.61 Å². The number of rotatable bonds is 3. The molecule has 16 heavy (non-hydrogen) atoms. The molecule has 0 atom stereocenters. The van der Waals surface area contributed by atoms with E-state index >= 15 is 0 Å². The van der Waals surface area contributed by atoms with Crippen molar-refractivity contribution in [2.45, 2.75) is 6.92 Å². The first-order valence-electron chi connectivity index (χ1n) is 4.69. The number of nitrogens with zero attached hydrogens (tertiary/aromatic N) is 4. The lowest BCUT2D eigenvalue weighted by Gasteiger charge is -1.99. The van der Waals surface area contributed by atoms with Crippen LogP contribution in [0, 0.1) is 0 Å². The molecule has 0 aliphatic rings. The van der Waals surface area contributed by atoms with Crippen molar-refractivity contribution in [1.82, 2.24) is 25.6 Å². The van der Waals surface area contributed by atoms with E-state index in [-0.39, 0.29) is 12.3 Å². The van der Waals surface area contributed by atoms with Gasteiger partial charge in [0.15, 0.2) is 5.69 Å². The minimum atomic E-state index is -0.531. The van der Waals surface area contributed by atoms with Crippen LogP contribution in [0.4, 0.5) is 0 Å². The monoisotopic (exact) mass is 219 g/mol. The fourth-order valence-corrected chi connectivity index (χ4v) is 1.18. The van der Waals surface area contributed by atoms with Crippen LogP contribution in [0.15, 0.2) is 18.3 Å². The Kier molecular flexibility index (Phi) is 2.86. The molecular formula is C9H9N5O2. The molecule has 0 fully saturated rings. The number of aromatic nitrogens is 5. The Hall–Kier alpha value is -2.31. The molecule has 0 aliphatic heterocycles. The van der Waals surface area contributed by atoms with Gasteiger partial charge >= 0.3 is 5.97 Å². The van der Waals surface area contributed by atoms with Gasteiger partial charge in [0.1, 0.15) is 11.4 Å². The number of esters is 1. The molecule has 0 radical (unpaired) electrons. The molecule has 0 aromatic carbocycles. The van der Waals surface area contributed by atoms with Crippen LogP contribution in [0.25, 0.3) is 11.4 Å². The van der Waals surface area contributed by atoms with Crippen molar-refractivity contribution in [1.29, 1.82) is 0 Å². The van der Waals surface area contributed by atoms with Gasteiger partial charge in [0.05, 0.1) is 6.61 Å². The Bertz CT molecular complexity index is 482. The van der Waals surface area contributed by atoms with Gasteiger partial charge in [0, 0.05) is 6.20 Å². The minimum absolute atomic E-state index is 0.113. The van der Waals surface area contributed by atoms with Gasteiger partial charge in [-0.25, -0.2) is 4.79 Å². The smallest absolute Gasteiger partial charge is 0.361 e. The first kappa shape index (κ1) is 10.2. The predicted octanol–water partition coefficient (Wildman–Crippen LogP) is 0.438. The highest BCUT2D eigenvalue weighted by atomic mass is 16.5. The van der Waals surface area contributed by atoms with E-state index in [4.69, 9.17) is 4.74 Å². The zero-order valence-electron chi connectivity index (χ0n) is 8.54. The molecule has 0 amide bonds. The van der Waals surface area contributed by atoms with Crippen molar-refractivity contribution in [3.05, 3.63) is 24.0 Å². The van der Waals surface area contributed by atoms with E-state index in [2.05, 4.69) is 25.6 Å². The second kappa shape index (κ2) is 4.47. The molecule has 82 valence electrons. The normalized spacial score (nSPS) is 10.1. The summed E-state index contributed by atoms with van der Waals surface area (Å²) in [7, 11) is 0. The predicted molar refractivity (Wildman–Crippen MR) is 53.4 cm³/mol. The van der Waals surface area contributed by atoms with Crippen LogP contribution in [-0.2, 0) is 4.74 Å². The first-order chi connectivity index (χ1) is 7.83. The Labute approximate surface area is 90.9 Å². The van der Waals surface area contributed by atoms with Crippen LogP contribution in [0.5, 0.6) is 0 Å². The van der Waals surface area contributed by atoms with Crippen LogP contribution in [0.3, 0.4) is 0 Å². The van der Waals surface area contributed by atoms with Crippen molar-refractivity contribution >= 4 is 5.97 Å². The highest BCUT2D eigenvalue weighted by Gasteiger charge is 2.19. The Balaban J connectivity index is 2.37. The average molecular weight is 219 g/mol. The maximum absolute atomic E-state index is 11.5. The lowest BCUT2D eigenvalue weighted by Crippen LogP contribution is -2.07. The standard InChI is InChI=1S/C9H9N5O2/c1-2-16-9(15)8-7(12-14-13-8)6-4-3-5-10-11-6/h3-5H,2H2,1H3,(H,12,13,14). The van der Waals surface area contributed by atoms with Crippen molar-refractivity contribution in [3.63, 3.8) is 0 Å². The van der Waals surface area contributed by atoms with Crippen LogP contribution < -0.4 is 0 Å². The Morgan fingerprint density at radius 1 is 1.50 bits per heavy atom. The van der Waals surface area contributed by atoms with Crippen LogP contribution >= 0.6 is 0 Å². The molecule has 0 spiro atoms. The van der Waals surface area contributed by atoms with Gasteiger partial charge in [-0.05, 0) is 19.1 Å². The lowest BCUT2D eigenvalue weighted by atomic mass is 10.2. The van der Waals surface area contributed by atoms with E-state index in [1.165, 1.54) is 6.20 Å². The highest BCUT2D eigenvalue weighted by molar-refractivity contribution is 5.93. The summed E-state index contributed by atoms with van der Waals surface area (Å²) in [4.78, 5) is 11.5. The minimum Gasteiger partial charge on any atom is -0.461 e. The van der Waals surface area contributed by atoms with E-state index in [1.807, 2.05) is 0 Å². The van der Waals surface area contributed by atoms with Crippen LogP contribution in [0.1, 0.15) is 17.4 Å². The number of ether oxygens (including phenoxy) is 1. The molecule has 7 heteroatoms. The van der Waals surface area contributed by atoms with Gasteiger partial charge < -0.3 is 4.74 Å². The third kappa shape index (κ3) is 1.88. The highest BCUT2D eigenvalue weighted by Crippen LogP contribution is 2.16. The maximum Gasteiger partial charge on any atom is 0.361 e. The third-order valence-electron chi connectivity index (χ3n) is 1.83. The second-order valence-corrected chi connectivity index (χ2v) is 2.85. The molecular weight excluding hydrogens is 210 g/mol. The molecule has 1 N–H and O–H groups in total. The van der Waals surface area contributed by atoms with Gasteiger partial charge in [-0.1, -0.05) is 0 Å². The van der Waals surface area contributed by atoms with Crippen molar-refractivity contribution in [3.8, 4) is 11.4 Å². The number of nitrogens with one attached hydrogen (secondary N) is 1. The first-order valence-corrected chi connectivity index (χ1v) is 4.69. The molecule has 2 aromatic rings. The van der Waals surface area contributed by atoms with E-state index < -0.39 is 5.97 Å². The fraction of sp³-hybridized carbons (Fsp3) is 0.222. The zero-order chi connectivity index (χ0) is 11.4. The number of carbonyl (C=O) groups excluding carboxylic acids is 1. The third-order valence-corrected chi connectivity index (χ3v) is 1.83. The number of H-pyrrole nitrogens is 1. The largest absolute Gasteiger partial charge is 0.461 e. The molecule has 0 unspecified atom stereocenters. The summed E-state index contributed by atoms with van der Waals surface area (Å²) >= 11 is 0. The van der Waals surface area contributed by atoms with E-state index in [0.717, 1.165) is 0 Å². The summed E-state index contributed by atoms with van der Waals surface area (Å²) in [6.07, 6.45) is 1.54. The fourth-order valence-electron chi connectivity index (χ4n) is 1.18. The number of hydrogen-bond acceptors (Lipinski definition) is 6. The molecule has 7 nitrogen and oxygen atoms in total. The number of aromatic amines is 1. The lowest BCUT2D eigenvalue weighted by molar-refractivity contribution is 0.0520. The second-order valence-electron chi connectivity index (χ2n) is 2.85. The molecule has 0 saturated heterocycles. The summed E-state index contributed by atoms with van der Waals surface area (Å²) in [5.74, 6) is -0.531. The molecule has 2 heterocycles. The van der Waals surface area contributed by atoms with Gasteiger partial charge in [-0.3, -0.25) is 0 Å². The van der Waals surface area contributed by atoms with E-state index in [1.54, 1.807) is 19.1 Å². The van der Waals surface area contributed by atoms with Crippen molar-refractivity contribution < 1.29 is 9.53 Å². The zero-order valence-corrected chi connectivity index (χ0v) is 8.54. The Morgan fingerprint density at radius 2 is 2.38 bits per heavy atom. The van der Waals surface area contributed by atoms with Gasteiger partial charge in [0.25, 0.3) is 0 Å². The molecule has 0 aliphatic carbocycles. The summed E-state index contributed by atoms with van der Waals surface area (Å²) in [5, 5.41) is 17.5. The SMILES string of the molecule is CCOC(=O)c1n[nH]nc1-c1cccnn1. The summed E-state index contributed by atoms with van der Waals surface area (Å²) in [6.45, 7) is 2.01. The molecule has 0 bridgehead atoms. The van der Waals surface area contributed by atoms with Gasteiger partial charge in [-0.2, -0.15) is 15.4 Å². The van der Waals surface area contributed by atoms with Gasteiger partial charge in [-0.15, -0.1) is 10.2 Å².